The summed E-state index contributed by atoms with van der Waals surface area (Å²) in [5, 5.41) is 4.11. The molecule has 1 aromatic carbocycles. The van der Waals surface area contributed by atoms with E-state index in [0.717, 1.165) is 5.69 Å². The second kappa shape index (κ2) is 4.15. The van der Waals surface area contributed by atoms with E-state index in [1.165, 1.54) is 5.56 Å². The molecule has 2 N–H and O–H groups in total. The number of nitrogen functional groups attached to an aromatic ring is 1. The third-order valence-electron chi connectivity index (χ3n) is 1.91. The maximum Gasteiger partial charge on any atom is 0.145 e. The lowest BCUT2D eigenvalue weighted by Crippen LogP contribution is -1.95. The fourth-order valence-electron chi connectivity index (χ4n) is 1.18. The molecule has 0 atom stereocenters. The summed E-state index contributed by atoms with van der Waals surface area (Å²) in [5.74, 6) is 0.542. The van der Waals surface area contributed by atoms with Gasteiger partial charge in [0, 0.05) is 12.3 Å². The topological polar surface area (TPSA) is 43.8 Å². The summed E-state index contributed by atoms with van der Waals surface area (Å²) in [5.41, 5.74) is 7.78. The van der Waals surface area contributed by atoms with Crippen molar-refractivity contribution in [1.29, 1.82) is 0 Å². The van der Waals surface area contributed by atoms with Crippen molar-refractivity contribution in [1.82, 2.24) is 9.78 Å². The van der Waals surface area contributed by atoms with Crippen LogP contribution in [0.3, 0.4) is 0 Å². The largest absolute Gasteiger partial charge is 0.382 e. The molecule has 0 unspecified atom stereocenters. The van der Waals surface area contributed by atoms with Gasteiger partial charge >= 0.3 is 0 Å². The molecular formula is C10H12ClN3. The zero-order valence-corrected chi connectivity index (χ0v) is 8.66. The predicted octanol–water partition coefficient (Wildman–Crippen LogP) is 2.18. The van der Waals surface area contributed by atoms with Crippen molar-refractivity contribution in [3.05, 3.63) is 42.1 Å². The van der Waals surface area contributed by atoms with Gasteiger partial charge in [0.05, 0.1) is 5.69 Å². The van der Waals surface area contributed by atoms with Gasteiger partial charge in [0.1, 0.15) is 5.82 Å². The van der Waals surface area contributed by atoms with Crippen LogP contribution in [0.25, 0.3) is 5.69 Å². The minimum Gasteiger partial charge on any atom is -0.382 e. The van der Waals surface area contributed by atoms with Gasteiger partial charge in [0.15, 0.2) is 0 Å². The van der Waals surface area contributed by atoms with Crippen molar-refractivity contribution in [3.63, 3.8) is 0 Å². The molecule has 0 saturated heterocycles. The lowest BCUT2D eigenvalue weighted by atomic mass is 10.2. The lowest BCUT2D eigenvalue weighted by molar-refractivity contribution is 0.885. The fraction of sp³-hybridized carbons (Fsp3) is 0.100. The maximum atomic E-state index is 5.51. The van der Waals surface area contributed by atoms with Crippen molar-refractivity contribution in [2.45, 2.75) is 6.92 Å². The molecule has 3 nitrogen and oxygen atoms in total. The third-order valence-corrected chi connectivity index (χ3v) is 1.91. The summed E-state index contributed by atoms with van der Waals surface area (Å²) in [7, 11) is 0. The Bertz CT molecular complexity index is 406. The van der Waals surface area contributed by atoms with Crippen molar-refractivity contribution in [3.8, 4) is 5.69 Å². The summed E-state index contributed by atoms with van der Waals surface area (Å²) in [6.07, 6.45) is 1.85. The number of rotatable bonds is 1. The van der Waals surface area contributed by atoms with Crippen LogP contribution in [0, 0.1) is 6.92 Å². The van der Waals surface area contributed by atoms with E-state index >= 15 is 0 Å². The van der Waals surface area contributed by atoms with Crippen LogP contribution in [0.4, 0.5) is 5.82 Å². The zero-order valence-electron chi connectivity index (χ0n) is 7.84. The molecule has 0 radical (unpaired) electrons. The van der Waals surface area contributed by atoms with Gasteiger partial charge in [-0.15, -0.1) is 12.4 Å². The summed E-state index contributed by atoms with van der Waals surface area (Å²) in [4.78, 5) is 0. The average molecular weight is 210 g/mol. The number of hydrogen-bond acceptors (Lipinski definition) is 2. The van der Waals surface area contributed by atoms with E-state index in [2.05, 4.69) is 12.0 Å². The van der Waals surface area contributed by atoms with E-state index in [9.17, 15) is 0 Å². The Kier molecular flexibility index (Phi) is 3.14. The van der Waals surface area contributed by atoms with Crippen LogP contribution in [-0.4, -0.2) is 9.78 Å². The van der Waals surface area contributed by atoms with Crippen LogP contribution in [0.1, 0.15) is 5.56 Å². The highest BCUT2D eigenvalue weighted by Crippen LogP contribution is 2.09. The van der Waals surface area contributed by atoms with E-state index in [-0.39, 0.29) is 12.4 Å². The zero-order chi connectivity index (χ0) is 9.26. The number of benzene rings is 1. The van der Waals surface area contributed by atoms with Gasteiger partial charge in [-0.3, -0.25) is 0 Å². The Morgan fingerprint density at radius 2 is 1.79 bits per heavy atom. The molecule has 0 spiro atoms. The van der Waals surface area contributed by atoms with E-state index in [1.54, 1.807) is 10.7 Å². The summed E-state index contributed by atoms with van der Waals surface area (Å²) in [6, 6.07) is 9.91. The monoisotopic (exact) mass is 209 g/mol. The molecule has 1 heterocycles. The number of nitrogens with zero attached hydrogens (tertiary/aromatic N) is 2. The second-order valence-electron chi connectivity index (χ2n) is 3.02. The standard InChI is InChI=1S/C10H11N3.ClH/c1-8-2-4-9(5-3-8)13-7-6-10(11)12-13;/h2-7H,1H3,(H2,11,12);1H. The Balaban J connectivity index is 0.000000980. The quantitative estimate of drug-likeness (QED) is 0.783. The van der Waals surface area contributed by atoms with E-state index in [1.807, 2.05) is 30.5 Å². The Morgan fingerprint density at radius 1 is 1.14 bits per heavy atom. The van der Waals surface area contributed by atoms with Gasteiger partial charge in [-0.25, -0.2) is 4.68 Å². The summed E-state index contributed by atoms with van der Waals surface area (Å²) < 4.78 is 1.76. The molecule has 1 aromatic heterocycles. The number of nitrogens with two attached hydrogens (primary N) is 1. The molecule has 0 bridgehead atoms. The minimum atomic E-state index is 0. The van der Waals surface area contributed by atoms with Crippen molar-refractivity contribution >= 4 is 18.2 Å². The predicted molar refractivity (Wildman–Crippen MR) is 60.0 cm³/mol. The first kappa shape index (κ1) is 10.6. The van der Waals surface area contributed by atoms with Crippen LogP contribution < -0.4 is 5.73 Å². The highest BCUT2D eigenvalue weighted by molar-refractivity contribution is 5.85. The van der Waals surface area contributed by atoms with Gasteiger partial charge < -0.3 is 5.73 Å². The Morgan fingerprint density at radius 3 is 2.29 bits per heavy atom. The summed E-state index contributed by atoms with van der Waals surface area (Å²) in [6.45, 7) is 2.06. The molecule has 2 aromatic rings. The Labute approximate surface area is 89.0 Å². The fourth-order valence-corrected chi connectivity index (χ4v) is 1.18. The molecule has 0 saturated carbocycles. The number of anilines is 1. The van der Waals surface area contributed by atoms with Crippen molar-refractivity contribution < 1.29 is 0 Å². The molecule has 4 heteroatoms. The Hall–Kier alpha value is -1.48. The lowest BCUT2D eigenvalue weighted by Gasteiger charge is -2.00. The normalized spacial score (nSPS) is 9.50. The van der Waals surface area contributed by atoms with Crippen molar-refractivity contribution in [2.24, 2.45) is 0 Å². The van der Waals surface area contributed by atoms with Crippen LogP contribution >= 0.6 is 12.4 Å². The molecular weight excluding hydrogens is 198 g/mol. The van der Waals surface area contributed by atoms with Crippen molar-refractivity contribution in [2.75, 3.05) is 5.73 Å². The van der Waals surface area contributed by atoms with Gasteiger partial charge in [0.2, 0.25) is 0 Å². The highest BCUT2D eigenvalue weighted by atomic mass is 35.5. The van der Waals surface area contributed by atoms with Crippen LogP contribution in [0.2, 0.25) is 0 Å². The number of aryl methyl sites for hydroxylation is 1. The number of hydrogen-bond donors (Lipinski definition) is 1. The van der Waals surface area contributed by atoms with Crippen LogP contribution in [-0.2, 0) is 0 Å². The number of halogens is 1. The van der Waals surface area contributed by atoms with Gasteiger partial charge in [-0.1, -0.05) is 17.7 Å². The first-order valence-corrected chi connectivity index (χ1v) is 4.14. The minimum absolute atomic E-state index is 0. The number of aromatic nitrogens is 2. The van der Waals surface area contributed by atoms with Gasteiger partial charge in [-0.05, 0) is 19.1 Å². The molecule has 0 amide bonds. The maximum absolute atomic E-state index is 5.51. The van der Waals surface area contributed by atoms with Crippen LogP contribution in [0.5, 0.6) is 0 Å². The molecule has 74 valence electrons. The van der Waals surface area contributed by atoms with Gasteiger partial charge in [-0.2, -0.15) is 5.10 Å². The highest BCUT2D eigenvalue weighted by Gasteiger charge is 1.96. The average Bonchev–Trinajstić information content (AvgIpc) is 2.53. The molecule has 0 fully saturated rings. The van der Waals surface area contributed by atoms with E-state index in [4.69, 9.17) is 5.73 Å². The third kappa shape index (κ3) is 2.06. The molecule has 0 aliphatic carbocycles. The van der Waals surface area contributed by atoms with Crippen LogP contribution in [0.15, 0.2) is 36.5 Å². The summed E-state index contributed by atoms with van der Waals surface area (Å²) >= 11 is 0. The molecule has 2 rings (SSSR count). The smallest absolute Gasteiger partial charge is 0.145 e. The second-order valence-corrected chi connectivity index (χ2v) is 3.02. The first-order valence-electron chi connectivity index (χ1n) is 4.14. The SMILES string of the molecule is Cc1ccc(-n2ccc(N)n2)cc1.Cl. The van der Waals surface area contributed by atoms with Gasteiger partial charge in [0.25, 0.3) is 0 Å². The first-order chi connectivity index (χ1) is 6.25. The van der Waals surface area contributed by atoms with E-state index < -0.39 is 0 Å². The molecule has 0 aliphatic rings. The molecule has 14 heavy (non-hydrogen) atoms. The molecule has 0 aliphatic heterocycles. The van der Waals surface area contributed by atoms with E-state index in [0.29, 0.717) is 5.82 Å².